The molecule has 0 spiro atoms. The van der Waals surface area contributed by atoms with E-state index in [1.165, 1.54) is 0 Å². The highest BCUT2D eigenvalue weighted by Crippen LogP contribution is 2.23. The lowest BCUT2D eigenvalue weighted by atomic mass is 10.2. The van der Waals surface area contributed by atoms with E-state index in [1.807, 2.05) is 17.2 Å². The summed E-state index contributed by atoms with van der Waals surface area (Å²) >= 11 is 0. The summed E-state index contributed by atoms with van der Waals surface area (Å²) in [5.41, 5.74) is 1.13. The molecular weight excluding hydrogens is 266 g/mol. The Balaban J connectivity index is 2.16. The maximum absolute atomic E-state index is 12.3. The standard InChI is InChI=1S/C16H25N3O2/c1-13(2)11-19-9-8-18(15(20)6-10-21-3)12-14-5-4-7-17-16(14)19/h4-5,7,13H,6,8-12H2,1-3H3. The van der Waals surface area contributed by atoms with E-state index < -0.39 is 0 Å². The lowest BCUT2D eigenvalue weighted by Gasteiger charge is -2.25. The zero-order valence-electron chi connectivity index (χ0n) is 13.2. The Labute approximate surface area is 126 Å². The average Bonchev–Trinajstić information content (AvgIpc) is 2.64. The molecule has 5 heteroatoms. The molecule has 0 saturated heterocycles. The van der Waals surface area contributed by atoms with E-state index in [0.717, 1.165) is 31.0 Å². The van der Waals surface area contributed by atoms with Gasteiger partial charge in [0.15, 0.2) is 0 Å². The lowest BCUT2D eigenvalue weighted by molar-refractivity contribution is -0.132. The van der Waals surface area contributed by atoms with Crippen LogP contribution in [0.4, 0.5) is 5.82 Å². The lowest BCUT2D eigenvalue weighted by Crippen LogP contribution is -2.37. The van der Waals surface area contributed by atoms with Crippen LogP contribution >= 0.6 is 0 Å². The largest absolute Gasteiger partial charge is 0.384 e. The highest BCUT2D eigenvalue weighted by Gasteiger charge is 2.23. The number of ether oxygens (including phenoxy) is 1. The van der Waals surface area contributed by atoms with Crippen molar-refractivity contribution in [2.24, 2.45) is 5.92 Å². The number of pyridine rings is 1. The molecule has 2 heterocycles. The van der Waals surface area contributed by atoms with Gasteiger partial charge in [-0.25, -0.2) is 4.98 Å². The monoisotopic (exact) mass is 291 g/mol. The summed E-state index contributed by atoms with van der Waals surface area (Å²) in [7, 11) is 1.62. The fourth-order valence-electron chi connectivity index (χ4n) is 2.65. The van der Waals surface area contributed by atoms with Gasteiger partial charge < -0.3 is 14.5 Å². The SMILES string of the molecule is COCCC(=O)N1CCN(CC(C)C)c2ncccc2C1. The number of anilines is 1. The molecule has 21 heavy (non-hydrogen) atoms. The van der Waals surface area contributed by atoms with Crippen molar-refractivity contribution in [3.8, 4) is 0 Å². The second-order valence-electron chi connectivity index (χ2n) is 5.88. The van der Waals surface area contributed by atoms with Crippen LogP contribution in [0.1, 0.15) is 25.8 Å². The van der Waals surface area contributed by atoms with Crippen molar-refractivity contribution in [2.75, 3.05) is 38.3 Å². The van der Waals surface area contributed by atoms with Crippen molar-refractivity contribution >= 4 is 11.7 Å². The maximum Gasteiger partial charge on any atom is 0.225 e. The van der Waals surface area contributed by atoms with Gasteiger partial charge in [0.2, 0.25) is 5.91 Å². The molecular formula is C16H25N3O2. The van der Waals surface area contributed by atoms with Gasteiger partial charge in [-0.15, -0.1) is 0 Å². The van der Waals surface area contributed by atoms with Gasteiger partial charge in [0.05, 0.1) is 13.0 Å². The molecule has 0 saturated carbocycles. The molecule has 1 aliphatic rings. The first-order valence-electron chi connectivity index (χ1n) is 7.57. The molecule has 1 aromatic rings. The number of amides is 1. The smallest absolute Gasteiger partial charge is 0.225 e. The van der Waals surface area contributed by atoms with Gasteiger partial charge in [-0.2, -0.15) is 0 Å². The third kappa shape index (κ3) is 4.17. The zero-order chi connectivity index (χ0) is 15.2. The number of carbonyl (C=O) groups excluding carboxylic acids is 1. The number of rotatable bonds is 5. The van der Waals surface area contributed by atoms with Gasteiger partial charge in [0.25, 0.3) is 0 Å². The number of methoxy groups -OCH3 is 1. The van der Waals surface area contributed by atoms with Crippen molar-refractivity contribution in [2.45, 2.75) is 26.8 Å². The fourth-order valence-corrected chi connectivity index (χ4v) is 2.65. The highest BCUT2D eigenvalue weighted by molar-refractivity contribution is 5.76. The first kappa shape index (κ1) is 15.8. The quantitative estimate of drug-likeness (QED) is 0.831. The Hall–Kier alpha value is -1.62. The predicted octanol–water partition coefficient (Wildman–Crippen LogP) is 1.92. The Morgan fingerprint density at radius 1 is 1.43 bits per heavy atom. The van der Waals surface area contributed by atoms with Crippen LogP contribution in [0.3, 0.4) is 0 Å². The van der Waals surface area contributed by atoms with Crippen molar-refractivity contribution in [3.05, 3.63) is 23.9 Å². The first-order chi connectivity index (χ1) is 10.1. The molecule has 0 radical (unpaired) electrons. The summed E-state index contributed by atoms with van der Waals surface area (Å²) in [5, 5.41) is 0. The predicted molar refractivity (Wildman–Crippen MR) is 83.2 cm³/mol. The summed E-state index contributed by atoms with van der Waals surface area (Å²) in [5.74, 6) is 1.74. The second-order valence-corrected chi connectivity index (χ2v) is 5.88. The van der Waals surface area contributed by atoms with Crippen LogP contribution in [0.5, 0.6) is 0 Å². The minimum Gasteiger partial charge on any atom is -0.384 e. The first-order valence-corrected chi connectivity index (χ1v) is 7.57. The van der Waals surface area contributed by atoms with Crippen LogP contribution in [0.15, 0.2) is 18.3 Å². The van der Waals surface area contributed by atoms with E-state index in [0.29, 0.717) is 25.5 Å². The number of hydrogen-bond acceptors (Lipinski definition) is 4. The molecule has 5 nitrogen and oxygen atoms in total. The minimum atomic E-state index is 0.151. The van der Waals surface area contributed by atoms with E-state index in [2.05, 4.69) is 29.8 Å². The van der Waals surface area contributed by atoms with Gasteiger partial charge >= 0.3 is 0 Å². The summed E-state index contributed by atoms with van der Waals surface area (Å²) in [6.07, 6.45) is 2.27. The molecule has 0 aromatic carbocycles. The van der Waals surface area contributed by atoms with Gasteiger partial charge in [-0.05, 0) is 12.0 Å². The number of fused-ring (bicyclic) bond motifs is 1. The molecule has 1 aliphatic heterocycles. The summed E-state index contributed by atoms with van der Waals surface area (Å²) in [6.45, 7) is 8.06. The van der Waals surface area contributed by atoms with Crippen molar-refractivity contribution in [1.29, 1.82) is 0 Å². The van der Waals surface area contributed by atoms with E-state index >= 15 is 0 Å². The van der Waals surface area contributed by atoms with Crippen LogP contribution < -0.4 is 4.90 Å². The van der Waals surface area contributed by atoms with Crippen molar-refractivity contribution < 1.29 is 9.53 Å². The molecule has 116 valence electrons. The zero-order valence-corrected chi connectivity index (χ0v) is 13.2. The van der Waals surface area contributed by atoms with Gasteiger partial charge in [0.1, 0.15) is 5.82 Å². The number of aromatic nitrogens is 1. The number of carbonyl (C=O) groups is 1. The Kier molecular flexibility index (Phi) is 5.56. The third-order valence-corrected chi connectivity index (χ3v) is 3.63. The second kappa shape index (κ2) is 7.41. The normalized spacial score (nSPS) is 15.0. The van der Waals surface area contributed by atoms with Crippen LogP contribution in [0.2, 0.25) is 0 Å². The highest BCUT2D eigenvalue weighted by atomic mass is 16.5. The molecule has 1 aromatic heterocycles. The Morgan fingerprint density at radius 3 is 2.95 bits per heavy atom. The van der Waals surface area contributed by atoms with Gasteiger partial charge in [-0.1, -0.05) is 19.9 Å². The molecule has 0 N–H and O–H groups in total. The summed E-state index contributed by atoms with van der Waals surface area (Å²) in [4.78, 5) is 21.0. The molecule has 0 atom stereocenters. The third-order valence-electron chi connectivity index (χ3n) is 3.63. The van der Waals surface area contributed by atoms with Gasteiger partial charge in [-0.3, -0.25) is 4.79 Å². The molecule has 2 rings (SSSR count). The van der Waals surface area contributed by atoms with E-state index in [-0.39, 0.29) is 5.91 Å². The molecule has 1 amide bonds. The van der Waals surface area contributed by atoms with E-state index in [9.17, 15) is 4.79 Å². The summed E-state index contributed by atoms with van der Waals surface area (Å²) < 4.78 is 5.01. The minimum absolute atomic E-state index is 0.151. The van der Waals surface area contributed by atoms with E-state index in [4.69, 9.17) is 4.74 Å². The van der Waals surface area contributed by atoms with Gasteiger partial charge in [0, 0.05) is 45.0 Å². The molecule has 0 aliphatic carbocycles. The molecule has 0 fully saturated rings. The maximum atomic E-state index is 12.3. The number of hydrogen-bond donors (Lipinski definition) is 0. The van der Waals surface area contributed by atoms with Crippen molar-refractivity contribution in [3.63, 3.8) is 0 Å². The van der Waals surface area contributed by atoms with Crippen molar-refractivity contribution in [1.82, 2.24) is 9.88 Å². The topological polar surface area (TPSA) is 45.7 Å². The van der Waals surface area contributed by atoms with Crippen LogP contribution in [-0.4, -0.2) is 49.1 Å². The summed E-state index contributed by atoms with van der Waals surface area (Å²) in [6, 6.07) is 4.01. The van der Waals surface area contributed by atoms with Crippen LogP contribution in [-0.2, 0) is 16.1 Å². The van der Waals surface area contributed by atoms with E-state index in [1.54, 1.807) is 7.11 Å². The number of nitrogens with zero attached hydrogens (tertiary/aromatic N) is 3. The fraction of sp³-hybridized carbons (Fsp3) is 0.625. The molecule has 0 bridgehead atoms. The average molecular weight is 291 g/mol. The van der Waals surface area contributed by atoms with Crippen LogP contribution in [0, 0.1) is 5.92 Å². The Bertz CT molecular complexity index is 476. The van der Waals surface area contributed by atoms with Crippen LogP contribution in [0.25, 0.3) is 0 Å². The molecule has 0 unspecified atom stereocenters. The Morgan fingerprint density at radius 2 is 2.24 bits per heavy atom.